The fourth-order valence-electron chi connectivity index (χ4n) is 6.14. The molecule has 0 unspecified atom stereocenters. The van der Waals surface area contributed by atoms with Gasteiger partial charge < -0.3 is 0 Å². The summed E-state index contributed by atoms with van der Waals surface area (Å²) in [6, 6.07) is 26.2. The summed E-state index contributed by atoms with van der Waals surface area (Å²) in [6.45, 7) is 0. The summed E-state index contributed by atoms with van der Waals surface area (Å²) in [5.74, 6) is 0.883. The number of aromatic nitrogens is 3. The molecule has 6 aromatic carbocycles. The van der Waals surface area contributed by atoms with Crippen molar-refractivity contribution in [3.05, 3.63) is 127 Å². The summed E-state index contributed by atoms with van der Waals surface area (Å²) in [7, 11) is 0. The van der Waals surface area contributed by atoms with Crippen molar-refractivity contribution in [3.63, 3.8) is 0 Å². The van der Waals surface area contributed by atoms with Crippen LogP contribution in [0.2, 0.25) is 0 Å². The van der Waals surface area contributed by atoms with Crippen LogP contribution >= 0.6 is 34.0 Å². The fraction of sp³-hybridized carbons (Fsp3) is 0. The van der Waals surface area contributed by atoms with Crippen LogP contribution in [0.15, 0.2) is 127 Å². The lowest BCUT2D eigenvalue weighted by molar-refractivity contribution is 1.08. The highest BCUT2D eigenvalue weighted by atomic mass is 32.1. The zero-order chi connectivity index (χ0) is 35.6. The second-order valence-electron chi connectivity index (χ2n) is 10.6. The molecular weight excluding hydrogens is 607 g/mol. The van der Waals surface area contributed by atoms with Gasteiger partial charge in [-0.1, -0.05) is 90.9 Å². The molecule has 0 radical (unpaired) electrons. The number of fused-ring (bicyclic) bond motifs is 9. The Morgan fingerprint density at radius 3 is 1.58 bits per heavy atom. The third-order valence-corrected chi connectivity index (χ3v) is 11.5. The largest absolute Gasteiger partial charge is 0.208 e. The number of thiophene rings is 3. The topological polar surface area (TPSA) is 38.7 Å². The molecule has 0 atom stereocenters. The Bertz CT molecular complexity index is 3050. The first-order chi connectivity index (χ1) is 25.2. The summed E-state index contributed by atoms with van der Waals surface area (Å²) < 4.78 is 66.2. The molecule has 0 saturated heterocycles. The summed E-state index contributed by atoms with van der Waals surface area (Å²) in [4.78, 5) is 15.3. The van der Waals surface area contributed by atoms with Crippen molar-refractivity contribution in [1.29, 1.82) is 0 Å². The van der Waals surface area contributed by atoms with E-state index in [0.29, 0.717) is 16.3 Å². The quantitative estimate of drug-likeness (QED) is 0.194. The lowest BCUT2D eigenvalue weighted by Crippen LogP contribution is -2.00. The van der Waals surface area contributed by atoms with Crippen molar-refractivity contribution in [2.75, 3.05) is 0 Å². The Labute approximate surface area is 279 Å². The van der Waals surface area contributed by atoms with E-state index in [4.69, 9.17) is 23.2 Å². The highest BCUT2D eigenvalue weighted by Gasteiger charge is 2.20. The van der Waals surface area contributed by atoms with Gasteiger partial charge in [-0.2, -0.15) is 0 Å². The minimum Gasteiger partial charge on any atom is -0.208 e. The maximum atomic E-state index is 9.23. The third-order valence-electron chi connectivity index (χ3n) is 8.08. The predicted molar refractivity (Wildman–Crippen MR) is 195 cm³/mol. The van der Waals surface area contributed by atoms with E-state index < -0.39 is 6.04 Å². The van der Waals surface area contributed by atoms with Crippen LogP contribution in [0.3, 0.4) is 0 Å². The number of hydrogen-bond acceptors (Lipinski definition) is 6. The zero-order valence-corrected chi connectivity index (χ0v) is 25.6. The average Bonchev–Trinajstić information content (AvgIpc) is 3.87. The van der Waals surface area contributed by atoms with Gasteiger partial charge in [0.1, 0.15) is 0 Å². The highest BCUT2D eigenvalue weighted by Crippen LogP contribution is 2.43. The molecule has 0 aliphatic rings. The van der Waals surface area contributed by atoms with Gasteiger partial charge in [-0.3, -0.25) is 0 Å². The summed E-state index contributed by atoms with van der Waals surface area (Å²) in [5, 5.41) is 4.46. The molecular formula is C39H21N3S3. The zero-order valence-electron chi connectivity index (χ0n) is 30.1. The van der Waals surface area contributed by atoms with Crippen molar-refractivity contribution in [1.82, 2.24) is 15.0 Å². The third kappa shape index (κ3) is 3.83. The van der Waals surface area contributed by atoms with Crippen molar-refractivity contribution in [2.24, 2.45) is 0 Å². The van der Waals surface area contributed by atoms with Crippen LogP contribution in [0.25, 0.3) is 94.7 Å². The van der Waals surface area contributed by atoms with Crippen molar-refractivity contribution >= 4 is 94.5 Å². The molecule has 4 aromatic heterocycles. The Balaban J connectivity index is 1.36. The van der Waals surface area contributed by atoms with Crippen molar-refractivity contribution < 1.29 is 9.60 Å². The first-order valence-corrected chi connectivity index (χ1v) is 16.7. The molecule has 0 spiro atoms. The Morgan fingerprint density at radius 2 is 0.933 bits per heavy atom. The van der Waals surface area contributed by atoms with Crippen LogP contribution in [-0.2, 0) is 0 Å². The Hall–Kier alpha value is -5.01. The standard InChI is InChI=1S/C39H21N3S3/c1-4-17-29-22(10-1)23-13-7-16-28(36(23)45-29)39-41-37(26-14-8-20-32-34(26)24-11-2-5-18-30(24)43-32)40-38(42-39)27-15-9-21-33-35(27)25-12-3-6-19-31(25)44-33/h1-21H/i1D,4D,7D,10D,13D,16D,17D. The molecule has 0 fully saturated rings. The lowest BCUT2D eigenvalue weighted by Gasteiger charge is -2.11. The monoisotopic (exact) mass is 634 g/mol. The van der Waals surface area contributed by atoms with Gasteiger partial charge in [0, 0.05) is 77.2 Å². The highest BCUT2D eigenvalue weighted by molar-refractivity contribution is 7.27. The first kappa shape index (κ1) is 19.4. The smallest absolute Gasteiger partial charge is 0.165 e. The second-order valence-corrected chi connectivity index (χ2v) is 13.8. The second kappa shape index (κ2) is 9.74. The molecule has 0 amide bonds. The SMILES string of the molecule is [2H]c1c([2H])c([2H])c2c(sc3c(-c4nc(-c5cccc6sc7ccccc7c56)nc(-c5cccc6sc7ccccc7c56)n4)c([2H])c([2H])c([2H])c32)c1[2H]. The van der Waals surface area contributed by atoms with E-state index in [1.807, 2.05) is 48.5 Å². The van der Waals surface area contributed by atoms with E-state index in [1.54, 1.807) is 22.7 Å². The van der Waals surface area contributed by atoms with Gasteiger partial charge >= 0.3 is 0 Å². The van der Waals surface area contributed by atoms with E-state index in [2.05, 4.69) is 36.4 Å². The normalized spacial score (nSPS) is 14.2. The molecule has 0 N–H and O–H groups in total. The van der Waals surface area contributed by atoms with E-state index in [-0.39, 0.29) is 63.1 Å². The molecule has 210 valence electrons. The van der Waals surface area contributed by atoms with Crippen molar-refractivity contribution in [2.45, 2.75) is 0 Å². The number of benzene rings is 6. The van der Waals surface area contributed by atoms with E-state index in [0.717, 1.165) is 62.8 Å². The van der Waals surface area contributed by atoms with Gasteiger partial charge in [0.05, 0.1) is 9.60 Å². The van der Waals surface area contributed by atoms with E-state index >= 15 is 0 Å². The Morgan fingerprint density at radius 1 is 0.400 bits per heavy atom. The number of rotatable bonds is 3. The van der Waals surface area contributed by atoms with Crippen LogP contribution in [0, 0.1) is 0 Å². The average molecular weight is 635 g/mol. The molecule has 10 rings (SSSR count). The van der Waals surface area contributed by atoms with Crippen molar-refractivity contribution in [3.8, 4) is 34.2 Å². The minimum atomic E-state index is -0.420. The maximum Gasteiger partial charge on any atom is 0.165 e. The molecule has 45 heavy (non-hydrogen) atoms. The van der Waals surface area contributed by atoms with Gasteiger partial charge in [-0.05, 0) is 36.4 Å². The van der Waals surface area contributed by atoms with Gasteiger partial charge in [-0.25, -0.2) is 15.0 Å². The van der Waals surface area contributed by atoms with Gasteiger partial charge in [0.2, 0.25) is 0 Å². The maximum absolute atomic E-state index is 9.23. The van der Waals surface area contributed by atoms with E-state index in [9.17, 15) is 1.37 Å². The lowest BCUT2D eigenvalue weighted by atomic mass is 10.0. The molecule has 10 aromatic rings. The molecule has 6 heteroatoms. The van der Waals surface area contributed by atoms with E-state index in [1.165, 1.54) is 0 Å². The summed E-state index contributed by atoms with van der Waals surface area (Å²) in [5.41, 5.74) is 1.75. The molecule has 4 heterocycles. The molecule has 0 aliphatic carbocycles. The molecule has 0 aliphatic heterocycles. The predicted octanol–water partition coefficient (Wildman–Crippen LogP) is 12.0. The van der Waals surface area contributed by atoms with Gasteiger partial charge in [0.15, 0.2) is 17.5 Å². The first-order valence-electron chi connectivity index (χ1n) is 17.7. The number of hydrogen-bond donors (Lipinski definition) is 0. The summed E-state index contributed by atoms with van der Waals surface area (Å²) >= 11 is 4.43. The fourth-order valence-corrected chi connectivity index (χ4v) is 9.46. The molecule has 3 nitrogen and oxygen atoms in total. The van der Waals surface area contributed by atoms with Crippen LogP contribution in [0.1, 0.15) is 9.60 Å². The van der Waals surface area contributed by atoms with Crippen LogP contribution < -0.4 is 0 Å². The minimum absolute atomic E-state index is 0.124. The Kier molecular flexibility index (Phi) is 4.20. The number of nitrogens with zero attached hydrogens (tertiary/aromatic N) is 3. The van der Waals surface area contributed by atoms with Gasteiger partial charge in [0.25, 0.3) is 0 Å². The van der Waals surface area contributed by atoms with Crippen LogP contribution in [0.4, 0.5) is 0 Å². The molecule has 0 saturated carbocycles. The van der Waals surface area contributed by atoms with Gasteiger partial charge in [-0.15, -0.1) is 34.0 Å². The van der Waals surface area contributed by atoms with Crippen LogP contribution in [0.5, 0.6) is 0 Å². The summed E-state index contributed by atoms with van der Waals surface area (Å²) in [6.07, 6.45) is 0. The van der Waals surface area contributed by atoms with Crippen LogP contribution in [-0.4, -0.2) is 15.0 Å². The molecule has 0 bridgehead atoms.